The normalized spacial score (nSPS) is 9.89. The first-order chi connectivity index (χ1) is 8.70. The Labute approximate surface area is 104 Å². The van der Waals surface area contributed by atoms with E-state index in [1.807, 2.05) is 6.07 Å². The number of amides is 1. The zero-order valence-corrected chi connectivity index (χ0v) is 9.81. The van der Waals surface area contributed by atoms with Gasteiger partial charge in [-0.2, -0.15) is 0 Å². The van der Waals surface area contributed by atoms with E-state index in [1.54, 1.807) is 24.3 Å². The van der Waals surface area contributed by atoms with Crippen molar-refractivity contribution in [2.45, 2.75) is 0 Å². The first kappa shape index (κ1) is 12.1. The molecule has 0 aliphatic rings. The number of hydrogen-bond acceptors (Lipinski definition) is 2. The minimum Gasteiger partial charge on any atom is -0.497 e. The molecule has 0 unspecified atom stereocenters. The Bertz CT molecular complexity index is 555. The first-order valence-corrected chi connectivity index (χ1v) is 5.40. The van der Waals surface area contributed by atoms with Gasteiger partial charge in [0.15, 0.2) is 0 Å². The summed E-state index contributed by atoms with van der Waals surface area (Å²) in [6.45, 7) is 0. The third-order valence-electron chi connectivity index (χ3n) is 2.46. The minimum absolute atomic E-state index is 0.100. The Morgan fingerprint density at radius 2 is 1.89 bits per heavy atom. The van der Waals surface area contributed by atoms with Crippen molar-refractivity contribution in [2.24, 2.45) is 0 Å². The summed E-state index contributed by atoms with van der Waals surface area (Å²) in [5, 5.41) is 2.51. The highest BCUT2D eigenvalue weighted by Crippen LogP contribution is 2.21. The van der Waals surface area contributed by atoms with Crippen LogP contribution in [0.3, 0.4) is 0 Å². The third-order valence-corrected chi connectivity index (χ3v) is 2.46. The van der Waals surface area contributed by atoms with Crippen molar-refractivity contribution < 1.29 is 13.9 Å². The molecular formula is C14H12FNO2. The van der Waals surface area contributed by atoms with E-state index in [1.165, 1.54) is 25.3 Å². The van der Waals surface area contributed by atoms with Crippen LogP contribution in [0, 0.1) is 5.82 Å². The van der Waals surface area contributed by atoms with Crippen LogP contribution >= 0.6 is 0 Å². The van der Waals surface area contributed by atoms with E-state index in [4.69, 9.17) is 4.74 Å². The van der Waals surface area contributed by atoms with Gasteiger partial charge in [0.1, 0.15) is 11.6 Å². The van der Waals surface area contributed by atoms with E-state index in [-0.39, 0.29) is 11.6 Å². The van der Waals surface area contributed by atoms with E-state index >= 15 is 0 Å². The number of benzene rings is 2. The van der Waals surface area contributed by atoms with Crippen LogP contribution in [0.25, 0.3) is 0 Å². The van der Waals surface area contributed by atoms with Crippen LogP contribution in [0.5, 0.6) is 5.75 Å². The van der Waals surface area contributed by atoms with Gasteiger partial charge in [-0.05, 0) is 24.3 Å². The maximum Gasteiger partial charge on any atom is 0.255 e. The predicted octanol–water partition coefficient (Wildman–Crippen LogP) is 3.09. The molecule has 0 atom stereocenters. The van der Waals surface area contributed by atoms with Crippen LogP contribution in [-0.4, -0.2) is 13.0 Å². The van der Waals surface area contributed by atoms with Gasteiger partial charge >= 0.3 is 0 Å². The van der Waals surface area contributed by atoms with Crippen molar-refractivity contribution in [3.63, 3.8) is 0 Å². The average Bonchev–Trinajstić information content (AvgIpc) is 2.42. The summed E-state index contributed by atoms with van der Waals surface area (Å²) >= 11 is 0. The van der Waals surface area contributed by atoms with Crippen LogP contribution in [0.4, 0.5) is 10.1 Å². The molecule has 0 bridgehead atoms. The molecule has 0 fully saturated rings. The van der Waals surface area contributed by atoms with Crippen molar-refractivity contribution in [2.75, 3.05) is 12.4 Å². The summed E-state index contributed by atoms with van der Waals surface area (Å²) in [4.78, 5) is 11.8. The van der Waals surface area contributed by atoms with Gasteiger partial charge < -0.3 is 10.1 Å². The smallest absolute Gasteiger partial charge is 0.255 e. The number of carbonyl (C=O) groups excluding carboxylic acids is 1. The molecule has 2 aromatic rings. The highest BCUT2D eigenvalue weighted by Gasteiger charge is 2.09. The van der Waals surface area contributed by atoms with E-state index < -0.39 is 5.82 Å². The second-order valence-electron chi connectivity index (χ2n) is 3.67. The molecule has 92 valence electrons. The Kier molecular flexibility index (Phi) is 3.57. The van der Waals surface area contributed by atoms with E-state index in [2.05, 4.69) is 5.32 Å². The molecule has 2 aromatic carbocycles. The lowest BCUT2D eigenvalue weighted by molar-refractivity contribution is 0.102. The van der Waals surface area contributed by atoms with E-state index in [0.29, 0.717) is 11.3 Å². The predicted molar refractivity (Wildman–Crippen MR) is 67.3 cm³/mol. The molecule has 0 heterocycles. The number of ether oxygens (including phenoxy) is 1. The van der Waals surface area contributed by atoms with Crippen LogP contribution in [0.2, 0.25) is 0 Å². The van der Waals surface area contributed by atoms with Gasteiger partial charge in [0.05, 0.1) is 12.8 Å². The lowest BCUT2D eigenvalue weighted by atomic mass is 10.2. The monoisotopic (exact) mass is 245 g/mol. The molecule has 0 aromatic heterocycles. The number of halogens is 1. The van der Waals surface area contributed by atoms with Crippen molar-refractivity contribution in [3.8, 4) is 5.75 Å². The largest absolute Gasteiger partial charge is 0.497 e. The molecule has 1 N–H and O–H groups in total. The van der Waals surface area contributed by atoms with Gasteiger partial charge in [0.25, 0.3) is 5.91 Å². The fourth-order valence-corrected chi connectivity index (χ4v) is 1.51. The maximum atomic E-state index is 13.5. The van der Waals surface area contributed by atoms with Crippen molar-refractivity contribution in [1.29, 1.82) is 0 Å². The summed E-state index contributed by atoms with van der Waals surface area (Å²) in [5.74, 6) is -0.373. The summed E-state index contributed by atoms with van der Waals surface area (Å²) in [5.41, 5.74) is 0.572. The van der Waals surface area contributed by atoms with Gasteiger partial charge in [-0.1, -0.05) is 18.2 Å². The quantitative estimate of drug-likeness (QED) is 0.902. The molecule has 0 aliphatic carbocycles. The maximum absolute atomic E-state index is 13.5. The van der Waals surface area contributed by atoms with Crippen LogP contribution < -0.4 is 10.1 Å². The van der Waals surface area contributed by atoms with Crippen LogP contribution in [-0.2, 0) is 0 Å². The number of rotatable bonds is 3. The Balaban J connectivity index is 2.21. The van der Waals surface area contributed by atoms with Gasteiger partial charge in [-0.3, -0.25) is 4.79 Å². The number of hydrogen-bond donors (Lipinski definition) is 1. The van der Waals surface area contributed by atoms with Gasteiger partial charge in [-0.15, -0.1) is 0 Å². The molecule has 0 aliphatic heterocycles. The standard InChI is InChI=1S/C14H12FNO2/c1-18-11-7-8-12(15)13(9-11)16-14(17)10-5-3-2-4-6-10/h2-9H,1H3,(H,16,17). The molecule has 4 heteroatoms. The lowest BCUT2D eigenvalue weighted by Gasteiger charge is -2.08. The average molecular weight is 245 g/mol. The zero-order chi connectivity index (χ0) is 13.0. The minimum atomic E-state index is -0.500. The number of carbonyl (C=O) groups is 1. The Morgan fingerprint density at radius 1 is 1.17 bits per heavy atom. The second-order valence-corrected chi connectivity index (χ2v) is 3.67. The SMILES string of the molecule is COc1ccc(F)c(NC(=O)c2ccccc2)c1. The van der Waals surface area contributed by atoms with Crippen molar-refractivity contribution in [3.05, 3.63) is 59.9 Å². The topological polar surface area (TPSA) is 38.3 Å². The fraction of sp³-hybridized carbons (Fsp3) is 0.0714. The molecule has 1 amide bonds. The molecule has 3 nitrogen and oxygen atoms in total. The molecule has 0 saturated carbocycles. The van der Waals surface area contributed by atoms with Gasteiger partial charge in [-0.25, -0.2) is 4.39 Å². The molecule has 18 heavy (non-hydrogen) atoms. The van der Waals surface area contributed by atoms with Crippen LogP contribution in [0.1, 0.15) is 10.4 Å². The number of anilines is 1. The van der Waals surface area contributed by atoms with Crippen LogP contribution in [0.15, 0.2) is 48.5 Å². The molecule has 0 radical (unpaired) electrons. The summed E-state index contributed by atoms with van der Waals surface area (Å²) in [7, 11) is 1.48. The number of methoxy groups -OCH3 is 1. The van der Waals surface area contributed by atoms with Crippen molar-refractivity contribution >= 4 is 11.6 Å². The molecule has 0 spiro atoms. The van der Waals surface area contributed by atoms with Gasteiger partial charge in [0, 0.05) is 11.6 Å². The van der Waals surface area contributed by atoms with E-state index in [0.717, 1.165) is 0 Å². The first-order valence-electron chi connectivity index (χ1n) is 5.40. The summed E-state index contributed by atoms with van der Waals surface area (Å²) in [6.07, 6.45) is 0. The third kappa shape index (κ3) is 2.66. The molecule has 0 saturated heterocycles. The highest BCUT2D eigenvalue weighted by atomic mass is 19.1. The molecular weight excluding hydrogens is 233 g/mol. The van der Waals surface area contributed by atoms with Crippen molar-refractivity contribution in [1.82, 2.24) is 0 Å². The molecule has 2 rings (SSSR count). The Hall–Kier alpha value is -2.36. The summed E-state index contributed by atoms with van der Waals surface area (Å²) in [6, 6.07) is 12.8. The fourth-order valence-electron chi connectivity index (χ4n) is 1.51. The Morgan fingerprint density at radius 3 is 2.56 bits per heavy atom. The second kappa shape index (κ2) is 5.31. The van der Waals surface area contributed by atoms with Gasteiger partial charge in [0.2, 0.25) is 0 Å². The zero-order valence-electron chi connectivity index (χ0n) is 9.81. The lowest BCUT2D eigenvalue weighted by Crippen LogP contribution is -2.12. The van der Waals surface area contributed by atoms with E-state index in [9.17, 15) is 9.18 Å². The number of nitrogens with one attached hydrogen (secondary N) is 1. The summed E-state index contributed by atoms with van der Waals surface area (Å²) < 4.78 is 18.5. The highest BCUT2D eigenvalue weighted by molar-refractivity contribution is 6.04.